The van der Waals surface area contributed by atoms with Crippen molar-refractivity contribution in [2.45, 2.75) is 45.4 Å². The van der Waals surface area contributed by atoms with Crippen molar-refractivity contribution in [3.8, 4) is 5.75 Å². The Kier molecular flexibility index (Phi) is 3.56. The summed E-state index contributed by atoms with van der Waals surface area (Å²) in [6.07, 6.45) is 7.31. The Labute approximate surface area is 152 Å². The van der Waals surface area contributed by atoms with Gasteiger partial charge in [-0.25, -0.2) is 4.98 Å². The van der Waals surface area contributed by atoms with Gasteiger partial charge in [-0.15, -0.1) is 0 Å². The molecule has 5 heteroatoms. The fourth-order valence-electron chi connectivity index (χ4n) is 5.87. The zero-order valence-electron chi connectivity index (χ0n) is 14.6. The van der Waals surface area contributed by atoms with Crippen LogP contribution in [-0.2, 0) is 4.79 Å². The predicted octanol–water partition coefficient (Wildman–Crippen LogP) is 4.85. The molecular weight excluding hydrogens is 332 g/mol. The van der Waals surface area contributed by atoms with E-state index < -0.39 is 0 Å². The number of nitrogens with one attached hydrogen (secondary N) is 1. The Hall–Kier alpha value is -1.62. The van der Waals surface area contributed by atoms with Crippen LogP contribution in [0.15, 0.2) is 18.2 Å². The summed E-state index contributed by atoms with van der Waals surface area (Å²) in [4.78, 5) is 17.8. The van der Waals surface area contributed by atoms with Crippen molar-refractivity contribution >= 4 is 32.6 Å². The van der Waals surface area contributed by atoms with Gasteiger partial charge in [-0.1, -0.05) is 17.4 Å². The van der Waals surface area contributed by atoms with E-state index in [-0.39, 0.29) is 11.3 Å². The van der Waals surface area contributed by atoms with Gasteiger partial charge in [-0.2, -0.15) is 0 Å². The molecule has 0 spiro atoms. The smallest absolute Gasteiger partial charge is 0.232 e. The highest BCUT2D eigenvalue weighted by molar-refractivity contribution is 7.22. The van der Waals surface area contributed by atoms with E-state index in [9.17, 15) is 4.79 Å². The lowest BCUT2D eigenvalue weighted by atomic mass is 9.49. The van der Waals surface area contributed by atoms with E-state index in [4.69, 9.17) is 4.74 Å². The Balaban J connectivity index is 1.41. The van der Waals surface area contributed by atoms with E-state index in [0.29, 0.717) is 11.7 Å². The molecule has 6 rings (SSSR count). The van der Waals surface area contributed by atoms with Gasteiger partial charge < -0.3 is 10.1 Å². The zero-order valence-corrected chi connectivity index (χ0v) is 15.4. The molecule has 0 unspecified atom stereocenters. The van der Waals surface area contributed by atoms with Gasteiger partial charge in [0.2, 0.25) is 5.91 Å². The molecule has 2 aromatic rings. The molecule has 132 valence electrons. The molecule has 1 aromatic heterocycles. The number of rotatable bonds is 4. The van der Waals surface area contributed by atoms with Gasteiger partial charge >= 0.3 is 0 Å². The van der Waals surface area contributed by atoms with E-state index in [2.05, 4.69) is 10.3 Å². The molecule has 1 N–H and O–H groups in total. The average molecular weight is 356 g/mol. The van der Waals surface area contributed by atoms with Gasteiger partial charge in [-0.05, 0) is 75.3 Å². The Morgan fingerprint density at radius 2 is 1.92 bits per heavy atom. The number of ether oxygens (including phenoxy) is 1. The zero-order chi connectivity index (χ0) is 17.0. The van der Waals surface area contributed by atoms with Crippen LogP contribution in [0.5, 0.6) is 5.75 Å². The van der Waals surface area contributed by atoms with Gasteiger partial charge in [0, 0.05) is 0 Å². The van der Waals surface area contributed by atoms with Crippen LogP contribution in [0.1, 0.15) is 45.4 Å². The third-order valence-corrected chi connectivity index (χ3v) is 7.36. The van der Waals surface area contributed by atoms with Crippen molar-refractivity contribution in [2.75, 3.05) is 11.9 Å². The summed E-state index contributed by atoms with van der Waals surface area (Å²) in [7, 11) is 0. The number of aromatic nitrogens is 1. The van der Waals surface area contributed by atoms with Crippen LogP contribution in [0.25, 0.3) is 10.2 Å². The van der Waals surface area contributed by atoms with Crippen molar-refractivity contribution in [1.82, 2.24) is 4.98 Å². The molecule has 4 aliphatic carbocycles. The second-order valence-electron chi connectivity index (χ2n) is 8.21. The van der Waals surface area contributed by atoms with E-state index in [1.165, 1.54) is 19.3 Å². The number of anilines is 1. The Morgan fingerprint density at radius 3 is 2.56 bits per heavy atom. The molecule has 25 heavy (non-hydrogen) atoms. The van der Waals surface area contributed by atoms with Crippen LogP contribution in [0, 0.1) is 23.2 Å². The molecule has 0 radical (unpaired) electrons. The molecule has 1 amide bonds. The summed E-state index contributed by atoms with van der Waals surface area (Å²) < 4.78 is 6.73. The predicted molar refractivity (Wildman–Crippen MR) is 100 cm³/mol. The maximum absolute atomic E-state index is 13.2. The lowest BCUT2D eigenvalue weighted by Gasteiger charge is -2.55. The highest BCUT2D eigenvalue weighted by atomic mass is 32.1. The van der Waals surface area contributed by atoms with E-state index in [1.807, 2.05) is 25.1 Å². The minimum Gasteiger partial charge on any atom is -0.492 e. The van der Waals surface area contributed by atoms with Gasteiger partial charge in [0.15, 0.2) is 5.13 Å². The molecule has 4 aliphatic rings. The molecule has 0 atom stereocenters. The third kappa shape index (κ3) is 2.55. The number of fused-ring (bicyclic) bond motifs is 1. The number of hydrogen-bond donors (Lipinski definition) is 1. The summed E-state index contributed by atoms with van der Waals surface area (Å²) >= 11 is 1.55. The molecule has 4 fully saturated rings. The number of amides is 1. The van der Waals surface area contributed by atoms with Gasteiger partial charge in [0.05, 0.1) is 16.7 Å². The number of benzene rings is 1. The normalized spacial score (nSPS) is 32.9. The first-order valence-electron chi connectivity index (χ1n) is 9.49. The minimum atomic E-state index is -0.130. The highest BCUT2D eigenvalue weighted by Crippen LogP contribution is 2.60. The SMILES string of the molecule is CCOc1cccc2sc(NC(=O)C34CC5CC(CC(C5)C3)C4)nc12. The van der Waals surface area contributed by atoms with Gasteiger partial charge in [-0.3, -0.25) is 4.79 Å². The first kappa shape index (κ1) is 15.6. The molecule has 1 aromatic carbocycles. The van der Waals surface area contributed by atoms with Crippen molar-refractivity contribution in [2.24, 2.45) is 23.2 Å². The topological polar surface area (TPSA) is 51.2 Å². The average Bonchev–Trinajstić information content (AvgIpc) is 2.97. The monoisotopic (exact) mass is 356 g/mol. The largest absolute Gasteiger partial charge is 0.492 e. The Bertz CT molecular complexity index is 793. The quantitative estimate of drug-likeness (QED) is 0.852. The van der Waals surface area contributed by atoms with Crippen LogP contribution in [0.4, 0.5) is 5.13 Å². The minimum absolute atomic E-state index is 0.130. The fraction of sp³-hybridized carbons (Fsp3) is 0.600. The number of para-hydroxylation sites is 1. The van der Waals surface area contributed by atoms with Crippen LogP contribution >= 0.6 is 11.3 Å². The van der Waals surface area contributed by atoms with E-state index in [0.717, 1.165) is 53.0 Å². The van der Waals surface area contributed by atoms with Gasteiger partial charge in [0.25, 0.3) is 0 Å². The molecule has 1 heterocycles. The summed E-state index contributed by atoms with van der Waals surface area (Å²) in [6, 6.07) is 5.96. The first-order valence-corrected chi connectivity index (χ1v) is 10.3. The molecule has 4 saturated carbocycles. The maximum Gasteiger partial charge on any atom is 0.232 e. The number of carbonyl (C=O) groups is 1. The van der Waals surface area contributed by atoms with Crippen LogP contribution in [0.3, 0.4) is 0 Å². The molecular formula is C20H24N2O2S. The van der Waals surface area contributed by atoms with E-state index >= 15 is 0 Å². The highest BCUT2D eigenvalue weighted by Gasteiger charge is 2.54. The number of hydrogen-bond acceptors (Lipinski definition) is 4. The lowest BCUT2D eigenvalue weighted by Crippen LogP contribution is -2.51. The van der Waals surface area contributed by atoms with Crippen LogP contribution < -0.4 is 10.1 Å². The fourth-order valence-corrected chi connectivity index (χ4v) is 6.75. The lowest BCUT2D eigenvalue weighted by molar-refractivity contribution is -0.140. The second kappa shape index (κ2) is 5.70. The van der Waals surface area contributed by atoms with Gasteiger partial charge in [0.1, 0.15) is 11.3 Å². The number of thiazole rings is 1. The standard InChI is InChI=1S/C20H24N2O2S/c1-2-24-15-4-3-5-16-17(15)21-19(25-16)22-18(23)20-9-12-6-13(10-20)8-14(7-12)11-20/h3-5,12-14H,2,6-11H2,1H3,(H,21,22,23). The van der Waals surface area contributed by atoms with Crippen molar-refractivity contribution in [1.29, 1.82) is 0 Å². The molecule has 0 saturated heterocycles. The molecule has 4 bridgehead atoms. The summed E-state index contributed by atoms with van der Waals surface area (Å²) in [5, 5.41) is 3.88. The van der Waals surface area contributed by atoms with Crippen molar-refractivity contribution in [3.63, 3.8) is 0 Å². The number of carbonyl (C=O) groups excluding carboxylic acids is 1. The summed E-state index contributed by atoms with van der Waals surface area (Å²) in [5.74, 6) is 3.33. The molecule has 0 aliphatic heterocycles. The third-order valence-electron chi connectivity index (χ3n) is 6.42. The Morgan fingerprint density at radius 1 is 1.24 bits per heavy atom. The summed E-state index contributed by atoms with van der Waals surface area (Å²) in [5.41, 5.74) is 0.727. The van der Waals surface area contributed by atoms with Crippen LogP contribution in [0.2, 0.25) is 0 Å². The maximum atomic E-state index is 13.2. The van der Waals surface area contributed by atoms with Crippen molar-refractivity contribution < 1.29 is 9.53 Å². The molecule has 4 nitrogen and oxygen atoms in total. The summed E-state index contributed by atoms with van der Waals surface area (Å²) in [6.45, 7) is 2.59. The number of nitrogens with zero attached hydrogens (tertiary/aromatic N) is 1. The van der Waals surface area contributed by atoms with E-state index in [1.54, 1.807) is 11.3 Å². The van der Waals surface area contributed by atoms with Crippen molar-refractivity contribution in [3.05, 3.63) is 18.2 Å². The first-order chi connectivity index (χ1) is 12.1. The second-order valence-corrected chi connectivity index (χ2v) is 9.24. The van der Waals surface area contributed by atoms with Crippen LogP contribution in [-0.4, -0.2) is 17.5 Å².